The Kier molecular flexibility index (Phi) is 6.62. The van der Waals surface area contributed by atoms with Crippen molar-refractivity contribution in [3.05, 3.63) is 59.1 Å². The van der Waals surface area contributed by atoms with Crippen LogP contribution in [0.15, 0.2) is 58.7 Å². The molecule has 9 heteroatoms. The number of benzene rings is 2. The van der Waals surface area contributed by atoms with Gasteiger partial charge in [-0.3, -0.25) is 0 Å². The Morgan fingerprint density at radius 2 is 2.10 bits per heavy atom. The van der Waals surface area contributed by atoms with E-state index in [1.165, 1.54) is 11.8 Å². The summed E-state index contributed by atoms with van der Waals surface area (Å²) in [5, 5.41) is 12.5. The number of hydrogen-bond donors (Lipinski definition) is 1. The average molecular weight is 501 g/mol. The van der Waals surface area contributed by atoms with Crippen molar-refractivity contribution in [2.45, 2.75) is 18.3 Å². The van der Waals surface area contributed by atoms with Crippen molar-refractivity contribution in [2.24, 2.45) is 0 Å². The standard InChI is InChI=1S/C22H21BrN4O3S/c1-4-10-29-19-15(23)11-13(12-17(19)28-5-2)20-24-16-9-7-6-8-14(16)18-21(30-20)25-22(31-3)27-26-18/h4,6-9,11-12,20,24H,1,5,10H2,2-3H3/t20-/m1/s1. The van der Waals surface area contributed by atoms with Crippen LogP contribution in [-0.2, 0) is 0 Å². The van der Waals surface area contributed by atoms with Crippen LogP contribution in [0.25, 0.3) is 11.3 Å². The molecule has 4 rings (SSSR count). The first-order valence-corrected chi connectivity index (χ1v) is 11.7. The monoisotopic (exact) mass is 500 g/mol. The number of ether oxygens (including phenoxy) is 3. The summed E-state index contributed by atoms with van der Waals surface area (Å²) in [7, 11) is 0. The molecule has 31 heavy (non-hydrogen) atoms. The van der Waals surface area contributed by atoms with E-state index in [0.29, 0.717) is 41.4 Å². The minimum atomic E-state index is -0.530. The van der Waals surface area contributed by atoms with E-state index in [1.807, 2.05) is 49.6 Å². The summed E-state index contributed by atoms with van der Waals surface area (Å²) < 4.78 is 18.7. The highest BCUT2D eigenvalue weighted by molar-refractivity contribution is 9.10. The van der Waals surface area contributed by atoms with Gasteiger partial charge in [0.25, 0.3) is 0 Å². The maximum absolute atomic E-state index is 6.31. The number of anilines is 1. The zero-order valence-corrected chi connectivity index (χ0v) is 19.5. The summed E-state index contributed by atoms with van der Waals surface area (Å²) in [4.78, 5) is 4.55. The molecule has 0 fully saturated rings. The zero-order valence-electron chi connectivity index (χ0n) is 17.1. The second kappa shape index (κ2) is 9.57. The molecule has 160 valence electrons. The number of halogens is 1. The van der Waals surface area contributed by atoms with Gasteiger partial charge in [-0.15, -0.1) is 10.2 Å². The van der Waals surface area contributed by atoms with Crippen LogP contribution >= 0.6 is 27.7 Å². The molecule has 1 aromatic heterocycles. The lowest BCUT2D eigenvalue weighted by molar-refractivity contribution is 0.223. The summed E-state index contributed by atoms with van der Waals surface area (Å²) in [6, 6.07) is 11.7. The van der Waals surface area contributed by atoms with Gasteiger partial charge in [-0.1, -0.05) is 42.6 Å². The van der Waals surface area contributed by atoms with E-state index in [1.54, 1.807) is 6.08 Å². The summed E-state index contributed by atoms with van der Waals surface area (Å²) in [5.74, 6) is 1.65. The molecule has 0 aliphatic carbocycles. The molecule has 1 atom stereocenters. The second-order valence-electron chi connectivity index (χ2n) is 6.50. The molecule has 1 aliphatic rings. The fourth-order valence-electron chi connectivity index (χ4n) is 3.17. The lowest BCUT2D eigenvalue weighted by Crippen LogP contribution is -2.17. The fourth-order valence-corrected chi connectivity index (χ4v) is 4.04. The Morgan fingerprint density at radius 3 is 2.87 bits per heavy atom. The predicted molar refractivity (Wildman–Crippen MR) is 125 cm³/mol. The number of aromatic nitrogens is 3. The van der Waals surface area contributed by atoms with Crippen LogP contribution in [0.4, 0.5) is 5.69 Å². The van der Waals surface area contributed by atoms with Crippen molar-refractivity contribution in [1.82, 2.24) is 15.2 Å². The molecule has 1 aliphatic heterocycles. The number of thioether (sulfide) groups is 1. The molecule has 0 amide bonds. The molecule has 3 aromatic rings. The van der Waals surface area contributed by atoms with Gasteiger partial charge in [-0.25, -0.2) is 0 Å². The van der Waals surface area contributed by atoms with E-state index in [0.717, 1.165) is 21.3 Å². The quantitative estimate of drug-likeness (QED) is 0.337. The van der Waals surface area contributed by atoms with E-state index >= 15 is 0 Å². The van der Waals surface area contributed by atoms with Gasteiger partial charge in [0.15, 0.2) is 23.4 Å². The summed E-state index contributed by atoms with van der Waals surface area (Å²) in [6.45, 7) is 6.51. The third kappa shape index (κ3) is 4.47. The molecule has 0 saturated heterocycles. The molecular weight excluding hydrogens is 480 g/mol. The summed E-state index contributed by atoms with van der Waals surface area (Å²) in [6.07, 6.45) is 3.06. The van der Waals surface area contributed by atoms with Crippen molar-refractivity contribution >= 4 is 33.4 Å². The Labute approximate surface area is 193 Å². The SMILES string of the molecule is C=CCOc1c(Br)cc([C@@H]2Nc3ccccc3-c3nnc(SC)nc3O2)cc1OCC. The number of nitrogens with zero attached hydrogens (tertiary/aromatic N) is 3. The van der Waals surface area contributed by atoms with Gasteiger partial charge in [0, 0.05) is 16.8 Å². The molecule has 0 unspecified atom stereocenters. The minimum Gasteiger partial charge on any atom is -0.490 e. The third-order valence-electron chi connectivity index (χ3n) is 4.50. The molecule has 7 nitrogen and oxygen atoms in total. The van der Waals surface area contributed by atoms with Crippen molar-refractivity contribution < 1.29 is 14.2 Å². The minimum absolute atomic E-state index is 0.372. The first-order chi connectivity index (χ1) is 15.1. The van der Waals surface area contributed by atoms with Crippen LogP contribution in [0.5, 0.6) is 17.4 Å². The van der Waals surface area contributed by atoms with Gasteiger partial charge in [0.05, 0.1) is 11.1 Å². The van der Waals surface area contributed by atoms with Crippen molar-refractivity contribution in [2.75, 3.05) is 24.8 Å². The van der Waals surface area contributed by atoms with Crippen LogP contribution in [0.3, 0.4) is 0 Å². The van der Waals surface area contributed by atoms with E-state index in [-0.39, 0.29) is 0 Å². The highest BCUT2D eigenvalue weighted by Crippen LogP contribution is 2.43. The number of rotatable bonds is 7. The lowest BCUT2D eigenvalue weighted by atomic mass is 10.1. The first kappa shape index (κ1) is 21.5. The zero-order chi connectivity index (χ0) is 21.8. The van der Waals surface area contributed by atoms with Crippen LogP contribution in [0, 0.1) is 0 Å². The van der Waals surface area contributed by atoms with E-state index in [4.69, 9.17) is 14.2 Å². The first-order valence-electron chi connectivity index (χ1n) is 9.65. The third-order valence-corrected chi connectivity index (χ3v) is 5.62. The Morgan fingerprint density at radius 1 is 1.26 bits per heavy atom. The van der Waals surface area contributed by atoms with Gasteiger partial charge in [0.2, 0.25) is 11.0 Å². The molecule has 0 saturated carbocycles. The maximum atomic E-state index is 6.31. The van der Waals surface area contributed by atoms with Crippen LogP contribution in [-0.4, -0.2) is 34.7 Å². The highest BCUT2D eigenvalue weighted by Gasteiger charge is 2.27. The number of nitrogens with one attached hydrogen (secondary N) is 1. The number of hydrogen-bond acceptors (Lipinski definition) is 8. The molecular formula is C22H21BrN4O3S. The molecule has 2 aromatic carbocycles. The number of para-hydroxylation sites is 1. The largest absolute Gasteiger partial charge is 0.490 e. The van der Waals surface area contributed by atoms with Gasteiger partial charge >= 0.3 is 0 Å². The Bertz CT molecular complexity index is 1110. The molecule has 0 spiro atoms. The Balaban J connectivity index is 1.80. The van der Waals surface area contributed by atoms with Gasteiger partial charge in [-0.05, 0) is 47.3 Å². The molecule has 2 heterocycles. The van der Waals surface area contributed by atoms with Crippen molar-refractivity contribution in [1.29, 1.82) is 0 Å². The average Bonchev–Trinajstić information content (AvgIpc) is 2.95. The summed E-state index contributed by atoms with van der Waals surface area (Å²) in [5.41, 5.74) is 3.19. The van der Waals surface area contributed by atoms with Crippen LogP contribution < -0.4 is 19.5 Å². The van der Waals surface area contributed by atoms with E-state index in [2.05, 4.69) is 43.0 Å². The van der Waals surface area contributed by atoms with Crippen LogP contribution in [0.2, 0.25) is 0 Å². The van der Waals surface area contributed by atoms with Crippen LogP contribution in [0.1, 0.15) is 18.7 Å². The lowest BCUT2D eigenvalue weighted by Gasteiger charge is -2.22. The summed E-state index contributed by atoms with van der Waals surface area (Å²) >= 11 is 5.02. The topological polar surface area (TPSA) is 78.4 Å². The highest BCUT2D eigenvalue weighted by atomic mass is 79.9. The fraction of sp³-hybridized carbons (Fsp3) is 0.227. The Hall–Kier alpha value is -2.78. The maximum Gasteiger partial charge on any atom is 0.247 e. The normalized spacial score (nSPS) is 14.4. The second-order valence-corrected chi connectivity index (χ2v) is 8.13. The van der Waals surface area contributed by atoms with E-state index in [9.17, 15) is 0 Å². The van der Waals surface area contributed by atoms with Gasteiger partial charge in [-0.2, -0.15) is 4.98 Å². The van der Waals surface area contributed by atoms with Crippen molar-refractivity contribution in [3.63, 3.8) is 0 Å². The molecule has 1 N–H and O–H groups in total. The molecule has 0 bridgehead atoms. The van der Waals surface area contributed by atoms with E-state index < -0.39 is 6.23 Å². The molecule has 0 radical (unpaired) electrons. The smallest absolute Gasteiger partial charge is 0.247 e. The number of fused-ring (bicyclic) bond motifs is 3. The van der Waals surface area contributed by atoms with Gasteiger partial charge in [0.1, 0.15) is 6.61 Å². The van der Waals surface area contributed by atoms with Gasteiger partial charge < -0.3 is 19.5 Å². The van der Waals surface area contributed by atoms with Crippen molar-refractivity contribution in [3.8, 4) is 28.6 Å². The predicted octanol–water partition coefficient (Wildman–Crippen LogP) is 5.49.